The number of carboxylic acids is 1. The van der Waals surface area contributed by atoms with E-state index in [1.807, 2.05) is 16.8 Å². The Labute approximate surface area is 138 Å². The number of furan rings is 1. The van der Waals surface area contributed by atoms with Crippen LogP contribution in [0.1, 0.15) is 28.8 Å². The summed E-state index contributed by atoms with van der Waals surface area (Å²) >= 11 is 0. The topological polar surface area (TPSA) is 80.3 Å². The first kappa shape index (κ1) is 14.6. The van der Waals surface area contributed by atoms with E-state index in [-0.39, 0.29) is 5.56 Å². The minimum atomic E-state index is -0.935. The fourth-order valence-corrected chi connectivity index (χ4v) is 3.05. The van der Waals surface area contributed by atoms with Crippen LogP contribution in [0.2, 0.25) is 0 Å². The maximum atomic E-state index is 11.0. The zero-order valence-electron chi connectivity index (χ0n) is 13.0. The number of hydrogen-bond acceptors (Lipinski definition) is 4. The van der Waals surface area contributed by atoms with Crippen LogP contribution in [0.25, 0.3) is 17.1 Å². The molecule has 0 saturated heterocycles. The number of nitrogens with zero attached hydrogens (tertiary/aromatic N) is 2. The predicted octanol–water partition coefficient (Wildman–Crippen LogP) is 3.58. The Bertz CT molecular complexity index is 864. The zero-order valence-corrected chi connectivity index (χ0v) is 13.0. The molecule has 0 saturated carbocycles. The van der Waals surface area contributed by atoms with Crippen LogP contribution in [0.3, 0.4) is 0 Å². The Morgan fingerprint density at radius 1 is 1.21 bits per heavy atom. The Morgan fingerprint density at radius 3 is 2.75 bits per heavy atom. The van der Waals surface area contributed by atoms with E-state index in [2.05, 4.69) is 5.32 Å². The van der Waals surface area contributed by atoms with E-state index >= 15 is 0 Å². The number of rotatable bonds is 3. The lowest BCUT2D eigenvalue weighted by molar-refractivity contribution is 0.0697. The lowest BCUT2D eigenvalue weighted by Gasteiger charge is -2.09. The van der Waals surface area contributed by atoms with Gasteiger partial charge < -0.3 is 14.8 Å². The smallest absolute Gasteiger partial charge is 0.335 e. The van der Waals surface area contributed by atoms with E-state index in [4.69, 9.17) is 14.6 Å². The van der Waals surface area contributed by atoms with Crippen LogP contribution >= 0.6 is 0 Å². The van der Waals surface area contributed by atoms with Gasteiger partial charge in [-0.25, -0.2) is 9.48 Å². The Hall–Kier alpha value is -3.02. The van der Waals surface area contributed by atoms with E-state index in [1.165, 1.54) is 0 Å². The van der Waals surface area contributed by atoms with Crippen LogP contribution < -0.4 is 5.32 Å². The predicted molar refractivity (Wildman–Crippen MR) is 89.7 cm³/mol. The van der Waals surface area contributed by atoms with Crippen LogP contribution in [0.5, 0.6) is 0 Å². The number of anilines is 1. The quantitative estimate of drug-likeness (QED) is 0.770. The highest BCUT2D eigenvalue weighted by Gasteiger charge is 2.23. The Morgan fingerprint density at radius 2 is 2.04 bits per heavy atom. The lowest BCUT2D eigenvalue weighted by Crippen LogP contribution is -2.07. The number of aromatic carboxylic acids is 1. The van der Waals surface area contributed by atoms with Gasteiger partial charge in [0.15, 0.2) is 5.76 Å². The van der Waals surface area contributed by atoms with Gasteiger partial charge in [0.1, 0.15) is 11.5 Å². The summed E-state index contributed by atoms with van der Waals surface area (Å²) in [6, 6.07) is 10.5. The molecule has 24 heavy (non-hydrogen) atoms. The molecule has 1 aliphatic heterocycles. The van der Waals surface area contributed by atoms with Gasteiger partial charge in [-0.1, -0.05) is 0 Å². The van der Waals surface area contributed by atoms with Crippen LogP contribution in [-0.2, 0) is 6.42 Å². The van der Waals surface area contributed by atoms with Crippen molar-refractivity contribution in [2.45, 2.75) is 19.3 Å². The molecule has 2 aromatic heterocycles. The number of hydrogen-bond donors (Lipinski definition) is 2. The third-order valence-electron chi connectivity index (χ3n) is 4.24. The lowest BCUT2D eigenvalue weighted by atomic mass is 10.1. The summed E-state index contributed by atoms with van der Waals surface area (Å²) in [5, 5.41) is 17.2. The fraction of sp³-hybridized carbons (Fsp3) is 0.222. The number of carboxylic acid groups (broad SMARTS) is 1. The molecular weight excluding hydrogens is 306 g/mol. The molecule has 3 aromatic rings. The average Bonchev–Trinajstić information content (AvgIpc) is 3.17. The second-order valence-electron chi connectivity index (χ2n) is 5.80. The SMILES string of the molecule is O=C(O)c1ccc(-n2nc(-c3ccco3)c3c2NCCCC3)cc1. The van der Waals surface area contributed by atoms with Crippen molar-refractivity contribution in [3.63, 3.8) is 0 Å². The van der Waals surface area contributed by atoms with E-state index < -0.39 is 5.97 Å². The van der Waals surface area contributed by atoms with Gasteiger partial charge in [-0.3, -0.25) is 0 Å². The fourth-order valence-electron chi connectivity index (χ4n) is 3.05. The maximum Gasteiger partial charge on any atom is 0.335 e. The van der Waals surface area contributed by atoms with Crippen molar-refractivity contribution in [1.82, 2.24) is 9.78 Å². The minimum Gasteiger partial charge on any atom is -0.478 e. The molecule has 0 fully saturated rings. The summed E-state index contributed by atoms with van der Waals surface area (Å²) < 4.78 is 7.38. The molecule has 1 aromatic carbocycles. The van der Waals surface area contributed by atoms with Gasteiger partial charge in [0.25, 0.3) is 0 Å². The summed E-state index contributed by atoms with van der Waals surface area (Å²) in [5.74, 6) is 0.771. The van der Waals surface area contributed by atoms with Crippen molar-refractivity contribution in [2.75, 3.05) is 11.9 Å². The summed E-state index contributed by atoms with van der Waals surface area (Å²) in [6.45, 7) is 0.892. The molecule has 0 unspecified atom stereocenters. The molecule has 6 heteroatoms. The summed E-state index contributed by atoms with van der Waals surface area (Å²) in [5.41, 5.74) is 3.07. The van der Waals surface area contributed by atoms with Gasteiger partial charge in [0.05, 0.1) is 17.5 Å². The molecule has 0 amide bonds. The number of nitrogens with one attached hydrogen (secondary N) is 1. The van der Waals surface area contributed by atoms with Crippen molar-refractivity contribution in [3.8, 4) is 17.1 Å². The normalized spacial score (nSPS) is 13.8. The van der Waals surface area contributed by atoms with Crippen molar-refractivity contribution in [1.29, 1.82) is 0 Å². The highest BCUT2D eigenvalue weighted by Crippen LogP contribution is 2.34. The first-order valence-corrected chi connectivity index (χ1v) is 7.97. The summed E-state index contributed by atoms with van der Waals surface area (Å²) in [4.78, 5) is 11.0. The van der Waals surface area contributed by atoms with Gasteiger partial charge in [-0.05, 0) is 55.7 Å². The molecule has 6 nitrogen and oxygen atoms in total. The molecule has 2 N–H and O–H groups in total. The zero-order chi connectivity index (χ0) is 16.5. The number of fused-ring (bicyclic) bond motifs is 1. The summed E-state index contributed by atoms with van der Waals surface area (Å²) in [6.07, 6.45) is 4.78. The van der Waals surface area contributed by atoms with Crippen LogP contribution in [-0.4, -0.2) is 27.4 Å². The first-order valence-electron chi connectivity index (χ1n) is 7.97. The maximum absolute atomic E-state index is 11.0. The highest BCUT2D eigenvalue weighted by atomic mass is 16.4. The molecule has 1 aliphatic rings. The standard InChI is InChI=1S/C18H17N3O3/c22-18(23)12-6-8-13(9-7-12)21-17-14(4-1-2-10-19-17)16(20-21)15-5-3-11-24-15/h3,5-9,11,19H,1-2,4,10H2,(H,22,23). The van der Waals surface area contributed by atoms with Crippen LogP contribution in [0, 0.1) is 0 Å². The summed E-state index contributed by atoms with van der Waals surface area (Å²) in [7, 11) is 0. The van der Waals surface area contributed by atoms with E-state index in [9.17, 15) is 4.79 Å². The second-order valence-corrected chi connectivity index (χ2v) is 5.80. The molecule has 0 spiro atoms. The van der Waals surface area contributed by atoms with E-state index in [1.54, 1.807) is 30.5 Å². The largest absolute Gasteiger partial charge is 0.478 e. The van der Waals surface area contributed by atoms with Crippen LogP contribution in [0.15, 0.2) is 47.1 Å². The third-order valence-corrected chi connectivity index (χ3v) is 4.24. The minimum absolute atomic E-state index is 0.260. The van der Waals surface area contributed by atoms with E-state index in [0.717, 1.165) is 54.3 Å². The molecule has 122 valence electrons. The molecule has 0 bridgehead atoms. The van der Waals surface area contributed by atoms with Crippen molar-refractivity contribution in [3.05, 3.63) is 53.8 Å². The first-order chi connectivity index (χ1) is 11.7. The van der Waals surface area contributed by atoms with Gasteiger partial charge in [-0.15, -0.1) is 0 Å². The van der Waals surface area contributed by atoms with Crippen LogP contribution in [0.4, 0.5) is 5.82 Å². The number of benzene rings is 1. The molecule has 3 heterocycles. The molecule has 0 atom stereocenters. The van der Waals surface area contributed by atoms with Crippen molar-refractivity contribution < 1.29 is 14.3 Å². The van der Waals surface area contributed by atoms with Gasteiger partial charge in [-0.2, -0.15) is 5.10 Å². The highest BCUT2D eigenvalue weighted by molar-refractivity contribution is 5.87. The Kier molecular flexibility index (Phi) is 3.57. The third kappa shape index (κ3) is 2.46. The van der Waals surface area contributed by atoms with Gasteiger partial charge in [0, 0.05) is 12.1 Å². The van der Waals surface area contributed by atoms with Crippen molar-refractivity contribution >= 4 is 11.8 Å². The van der Waals surface area contributed by atoms with Gasteiger partial charge >= 0.3 is 5.97 Å². The Balaban J connectivity index is 1.84. The molecular formula is C18H17N3O3. The number of aromatic nitrogens is 2. The second kappa shape index (κ2) is 5.88. The molecule has 0 radical (unpaired) electrons. The average molecular weight is 323 g/mol. The van der Waals surface area contributed by atoms with Gasteiger partial charge in [0.2, 0.25) is 0 Å². The van der Waals surface area contributed by atoms with Crippen molar-refractivity contribution in [2.24, 2.45) is 0 Å². The van der Waals surface area contributed by atoms with E-state index in [0.29, 0.717) is 0 Å². The number of carbonyl (C=O) groups is 1. The molecule has 0 aliphatic carbocycles. The molecule has 4 rings (SSSR count). The monoisotopic (exact) mass is 323 g/mol.